The summed E-state index contributed by atoms with van der Waals surface area (Å²) in [5.41, 5.74) is 4.15. The minimum atomic E-state index is 0.467. The molecule has 1 nitrogen and oxygen atoms in total. The molecule has 0 heterocycles. The van der Waals surface area contributed by atoms with Gasteiger partial charge in [-0.1, -0.05) is 25.5 Å². The zero-order valence-electron chi connectivity index (χ0n) is 9.56. The number of nitrogens with one attached hydrogen (secondary N) is 1. The van der Waals surface area contributed by atoms with E-state index < -0.39 is 0 Å². The van der Waals surface area contributed by atoms with E-state index in [1.165, 1.54) is 43.0 Å². The number of hydrogen-bond acceptors (Lipinski definition) is 1. The van der Waals surface area contributed by atoms with Crippen LogP contribution in [0.1, 0.15) is 46.5 Å². The molecule has 0 spiro atoms. The molecule has 1 N–H and O–H groups in total. The van der Waals surface area contributed by atoms with Crippen molar-refractivity contribution in [3.63, 3.8) is 0 Å². The number of hydrogen-bond donors (Lipinski definition) is 1. The second kappa shape index (κ2) is 5.14. The lowest BCUT2D eigenvalue weighted by Crippen LogP contribution is -2.00. The van der Waals surface area contributed by atoms with Gasteiger partial charge in [-0.2, -0.15) is 0 Å². The summed E-state index contributed by atoms with van der Waals surface area (Å²) in [6, 6.07) is 0. The van der Waals surface area contributed by atoms with E-state index in [0.717, 1.165) is 5.57 Å². The van der Waals surface area contributed by atoms with Crippen LogP contribution >= 0.6 is 0 Å². The summed E-state index contributed by atoms with van der Waals surface area (Å²) in [6.07, 6.45) is 8.83. The minimum absolute atomic E-state index is 0.467. The molecule has 0 aromatic heterocycles. The van der Waals surface area contributed by atoms with Gasteiger partial charge in [-0.25, -0.2) is 0 Å². The number of allylic oxidation sites excluding steroid dienone is 4. The Morgan fingerprint density at radius 1 is 1.29 bits per heavy atom. The van der Waals surface area contributed by atoms with Crippen molar-refractivity contribution in [3.05, 3.63) is 22.8 Å². The third-order valence-electron chi connectivity index (χ3n) is 2.97. The highest BCUT2D eigenvalue weighted by Crippen LogP contribution is 2.26. The first-order valence-electron chi connectivity index (χ1n) is 5.56. The van der Waals surface area contributed by atoms with Crippen LogP contribution in [0.4, 0.5) is 0 Å². The monoisotopic (exact) mass is 191 g/mol. The molecule has 1 aliphatic rings. The largest absolute Gasteiger partial charge is 0.308 e. The summed E-state index contributed by atoms with van der Waals surface area (Å²) in [4.78, 5) is 0. The van der Waals surface area contributed by atoms with Crippen molar-refractivity contribution in [3.8, 4) is 0 Å². The van der Waals surface area contributed by atoms with Gasteiger partial charge in [0.2, 0.25) is 0 Å². The third kappa shape index (κ3) is 2.83. The lowest BCUT2D eigenvalue weighted by atomic mass is 9.90. The van der Waals surface area contributed by atoms with Crippen molar-refractivity contribution in [2.45, 2.75) is 46.5 Å². The highest BCUT2D eigenvalue weighted by atomic mass is 14.3. The zero-order valence-corrected chi connectivity index (χ0v) is 9.56. The Balaban J connectivity index is 2.87. The van der Waals surface area contributed by atoms with Gasteiger partial charge in [0.1, 0.15) is 0 Å². The van der Waals surface area contributed by atoms with Gasteiger partial charge < -0.3 is 5.41 Å². The van der Waals surface area contributed by atoms with Crippen molar-refractivity contribution in [1.29, 1.82) is 5.41 Å². The van der Waals surface area contributed by atoms with Crippen molar-refractivity contribution in [2.24, 2.45) is 5.92 Å². The summed E-state index contributed by atoms with van der Waals surface area (Å²) in [5.74, 6) is 0.467. The van der Waals surface area contributed by atoms with Gasteiger partial charge in [-0.3, -0.25) is 0 Å². The molecule has 0 aliphatic heterocycles. The van der Waals surface area contributed by atoms with E-state index in [4.69, 9.17) is 5.41 Å². The topological polar surface area (TPSA) is 23.9 Å². The fourth-order valence-electron chi connectivity index (χ4n) is 1.85. The van der Waals surface area contributed by atoms with E-state index in [0.29, 0.717) is 5.92 Å². The van der Waals surface area contributed by atoms with Crippen LogP contribution in [-0.2, 0) is 0 Å². The fraction of sp³-hybridized carbons (Fsp3) is 0.615. The highest BCUT2D eigenvalue weighted by Gasteiger charge is 2.08. The molecule has 0 fully saturated rings. The van der Waals surface area contributed by atoms with Crippen LogP contribution in [0, 0.1) is 11.3 Å². The van der Waals surface area contributed by atoms with E-state index in [1.807, 2.05) is 0 Å². The lowest BCUT2D eigenvalue weighted by molar-refractivity contribution is 0.680. The Morgan fingerprint density at radius 2 is 1.93 bits per heavy atom. The first-order chi connectivity index (χ1) is 6.65. The van der Waals surface area contributed by atoms with Crippen LogP contribution in [0.3, 0.4) is 0 Å². The molecule has 0 unspecified atom stereocenters. The van der Waals surface area contributed by atoms with Crippen LogP contribution in [0.25, 0.3) is 0 Å². The highest BCUT2D eigenvalue weighted by molar-refractivity contribution is 5.77. The predicted molar refractivity (Wildman–Crippen MR) is 62.9 cm³/mol. The molecule has 0 bridgehead atoms. The SMILES string of the molecule is CC1=C(/C=C(\C=N)C(C)C)CCCC1. The molecular weight excluding hydrogens is 170 g/mol. The smallest absolute Gasteiger partial charge is 0.0212 e. The lowest BCUT2D eigenvalue weighted by Gasteiger charge is -2.16. The second-order valence-electron chi connectivity index (χ2n) is 4.46. The normalized spacial score (nSPS) is 19.0. The quantitative estimate of drug-likeness (QED) is 0.649. The molecule has 0 atom stereocenters. The first kappa shape index (κ1) is 11.2. The Morgan fingerprint density at radius 3 is 2.43 bits per heavy atom. The van der Waals surface area contributed by atoms with E-state index in [2.05, 4.69) is 26.8 Å². The van der Waals surface area contributed by atoms with Crippen LogP contribution < -0.4 is 0 Å². The fourth-order valence-corrected chi connectivity index (χ4v) is 1.85. The van der Waals surface area contributed by atoms with Crippen LogP contribution in [0.5, 0.6) is 0 Å². The number of rotatable bonds is 3. The summed E-state index contributed by atoms with van der Waals surface area (Å²) < 4.78 is 0. The molecular formula is C13H21N. The molecule has 78 valence electrons. The van der Waals surface area contributed by atoms with Crippen molar-refractivity contribution >= 4 is 6.21 Å². The maximum Gasteiger partial charge on any atom is 0.0212 e. The molecule has 1 aliphatic carbocycles. The van der Waals surface area contributed by atoms with Gasteiger partial charge in [-0.05, 0) is 49.7 Å². The maximum atomic E-state index is 7.36. The molecule has 0 saturated carbocycles. The Bertz CT molecular complexity index is 269. The molecule has 1 heteroatoms. The molecule has 0 amide bonds. The molecule has 0 aromatic rings. The van der Waals surface area contributed by atoms with E-state index in [1.54, 1.807) is 0 Å². The summed E-state index contributed by atoms with van der Waals surface area (Å²) >= 11 is 0. The minimum Gasteiger partial charge on any atom is -0.308 e. The average molecular weight is 191 g/mol. The van der Waals surface area contributed by atoms with Gasteiger partial charge in [0, 0.05) is 6.21 Å². The van der Waals surface area contributed by atoms with Crippen LogP contribution in [0.15, 0.2) is 22.8 Å². The molecule has 0 saturated heterocycles. The summed E-state index contributed by atoms with van der Waals surface area (Å²) in [6.45, 7) is 6.53. The van der Waals surface area contributed by atoms with Crippen molar-refractivity contribution < 1.29 is 0 Å². The molecule has 0 aromatic carbocycles. The van der Waals surface area contributed by atoms with E-state index in [9.17, 15) is 0 Å². The Kier molecular flexibility index (Phi) is 4.12. The molecule has 1 rings (SSSR count). The van der Waals surface area contributed by atoms with Crippen LogP contribution in [0.2, 0.25) is 0 Å². The van der Waals surface area contributed by atoms with Gasteiger partial charge in [0.05, 0.1) is 0 Å². The van der Waals surface area contributed by atoms with Gasteiger partial charge in [0.25, 0.3) is 0 Å². The third-order valence-corrected chi connectivity index (χ3v) is 2.97. The second-order valence-corrected chi connectivity index (χ2v) is 4.46. The van der Waals surface area contributed by atoms with Gasteiger partial charge >= 0.3 is 0 Å². The maximum absolute atomic E-state index is 7.36. The van der Waals surface area contributed by atoms with Crippen molar-refractivity contribution in [1.82, 2.24) is 0 Å². The van der Waals surface area contributed by atoms with Gasteiger partial charge in [-0.15, -0.1) is 0 Å². The predicted octanol–water partition coefficient (Wildman–Crippen LogP) is 4.11. The van der Waals surface area contributed by atoms with Crippen molar-refractivity contribution in [2.75, 3.05) is 0 Å². The molecule has 0 radical (unpaired) electrons. The Labute approximate surface area is 87.4 Å². The Hall–Kier alpha value is -0.850. The average Bonchev–Trinajstić information content (AvgIpc) is 2.16. The zero-order chi connectivity index (χ0) is 10.6. The van der Waals surface area contributed by atoms with E-state index >= 15 is 0 Å². The summed E-state index contributed by atoms with van der Waals surface area (Å²) in [7, 11) is 0. The summed E-state index contributed by atoms with van der Waals surface area (Å²) in [5, 5.41) is 7.36. The van der Waals surface area contributed by atoms with Crippen LogP contribution in [-0.4, -0.2) is 6.21 Å². The standard InChI is InChI=1S/C13H21N/c1-10(2)13(9-14)8-12-7-5-4-6-11(12)3/h8-10,14H,4-7H2,1-3H3/b13-8+,14-9?. The van der Waals surface area contributed by atoms with E-state index in [-0.39, 0.29) is 0 Å². The molecule has 14 heavy (non-hydrogen) atoms. The first-order valence-corrected chi connectivity index (χ1v) is 5.56. The van der Waals surface area contributed by atoms with Gasteiger partial charge in [0.15, 0.2) is 0 Å².